The molecule has 0 atom stereocenters. The molecule has 1 heterocycles. The third-order valence-corrected chi connectivity index (χ3v) is 3.44. The first-order valence-electron chi connectivity index (χ1n) is 6.51. The molecule has 1 aliphatic heterocycles. The molecule has 1 fully saturated rings. The fourth-order valence-corrected chi connectivity index (χ4v) is 2.50. The monoisotopic (exact) mass is 253 g/mol. The van der Waals surface area contributed by atoms with Crippen LogP contribution >= 0.6 is 0 Å². The van der Waals surface area contributed by atoms with E-state index in [4.69, 9.17) is 4.74 Å². The summed E-state index contributed by atoms with van der Waals surface area (Å²) in [5.41, 5.74) is 1.21. The standard InChI is InChI=1S/C14H20FNO2/c1-2-18-11-6-8-16(9-7-11)14-5-3-4-13(15)12(14)10-17/h3-5,11,17H,2,6-10H2,1H3. The van der Waals surface area contributed by atoms with Gasteiger partial charge in [-0.15, -0.1) is 0 Å². The maximum absolute atomic E-state index is 13.6. The summed E-state index contributed by atoms with van der Waals surface area (Å²) in [4.78, 5) is 2.13. The second-order valence-corrected chi connectivity index (χ2v) is 4.54. The molecule has 1 aliphatic rings. The van der Waals surface area contributed by atoms with Gasteiger partial charge in [-0.05, 0) is 31.9 Å². The molecule has 1 saturated heterocycles. The van der Waals surface area contributed by atoms with Crippen molar-refractivity contribution < 1.29 is 14.2 Å². The van der Waals surface area contributed by atoms with Crippen molar-refractivity contribution in [2.75, 3.05) is 24.6 Å². The van der Waals surface area contributed by atoms with Crippen LogP contribution in [0, 0.1) is 5.82 Å². The third kappa shape index (κ3) is 2.82. The van der Waals surface area contributed by atoms with Crippen molar-refractivity contribution in [3.63, 3.8) is 0 Å². The molecule has 1 N–H and O–H groups in total. The van der Waals surface area contributed by atoms with E-state index < -0.39 is 0 Å². The van der Waals surface area contributed by atoms with Gasteiger partial charge in [0.1, 0.15) is 5.82 Å². The SMILES string of the molecule is CCOC1CCN(c2cccc(F)c2CO)CC1. The summed E-state index contributed by atoms with van der Waals surface area (Å²) in [7, 11) is 0. The first-order valence-corrected chi connectivity index (χ1v) is 6.51. The Kier molecular flexibility index (Phi) is 4.55. The van der Waals surface area contributed by atoms with Crippen LogP contribution in [0.3, 0.4) is 0 Å². The van der Waals surface area contributed by atoms with Crippen LogP contribution in [-0.4, -0.2) is 30.9 Å². The fraction of sp³-hybridized carbons (Fsp3) is 0.571. The predicted molar refractivity (Wildman–Crippen MR) is 69.2 cm³/mol. The summed E-state index contributed by atoms with van der Waals surface area (Å²) >= 11 is 0. The Morgan fingerprint density at radius 1 is 1.39 bits per heavy atom. The number of piperidine rings is 1. The molecule has 0 aromatic heterocycles. The number of halogens is 1. The van der Waals surface area contributed by atoms with Gasteiger partial charge in [-0.3, -0.25) is 0 Å². The van der Waals surface area contributed by atoms with Crippen LogP contribution in [-0.2, 0) is 11.3 Å². The van der Waals surface area contributed by atoms with Gasteiger partial charge < -0.3 is 14.7 Å². The van der Waals surface area contributed by atoms with Crippen LogP contribution in [0.1, 0.15) is 25.3 Å². The Hall–Kier alpha value is -1.13. The van der Waals surface area contributed by atoms with Crippen LogP contribution < -0.4 is 4.90 Å². The van der Waals surface area contributed by atoms with Gasteiger partial charge in [0, 0.05) is 30.9 Å². The van der Waals surface area contributed by atoms with Crippen LogP contribution in [0.25, 0.3) is 0 Å². The van der Waals surface area contributed by atoms with Crippen LogP contribution in [0.15, 0.2) is 18.2 Å². The van der Waals surface area contributed by atoms with Crippen molar-refractivity contribution in [3.05, 3.63) is 29.6 Å². The van der Waals surface area contributed by atoms with Crippen LogP contribution in [0.5, 0.6) is 0 Å². The molecule has 0 unspecified atom stereocenters. The van der Waals surface area contributed by atoms with Gasteiger partial charge in [-0.25, -0.2) is 4.39 Å². The second-order valence-electron chi connectivity index (χ2n) is 4.54. The van der Waals surface area contributed by atoms with Crippen molar-refractivity contribution >= 4 is 5.69 Å². The minimum Gasteiger partial charge on any atom is -0.391 e. The topological polar surface area (TPSA) is 32.7 Å². The lowest BCUT2D eigenvalue weighted by molar-refractivity contribution is 0.0459. The zero-order valence-corrected chi connectivity index (χ0v) is 10.7. The highest BCUT2D eigenvalue weighted by molar-refractivity contribution is 5.54. The van der Waals surface area contributed by atoms with Crippen molar-refractivity contribution in [2.45, 2.75) is 32.5 Å². The molecule has 0 saturated carbocycles. The molecule has 2 rings (SSSR count). The quantitative estimate of drug-likeness (QED) is 0.894. The summed E-state index contributed by atoms with van der Waals surface area (Å²) in [6.45, 7) is 4.19. The largest absolute Gasteiger partial charge is 0.391 e. The molecular formula is C14H20FNO2. The lowest BCUT2D eigenvalue weighted by Gasteiger charge is -2.34. The summed E-state index contributed by atoms with van der Waals surface area (Å²) in [5, 5.41) is 9.27. The molecule has 4 heteroatoms. The molecule has 0 radical (unpaired) electrons. The van der Waals surface area contributed by atoms with Gasteiger partial charge >= 0.3 is 0 Å². The highest BCUT2D eigenvalue weighted by atomic mass is 19.1. The van der Waals surface area contributed by atoms with E-state index in [-0.39, 0.29) is 12.4 Å². The number of nitrogens with zero attached hydrogens (tertiary/aromatic N) is 1. The van der Waals surface area contributed by atoms with Crippen molar-refractivity contribution in [1.29, 1.82) is 0 Å². The number of anilines is 1. The predicted octanol–water partition coefficient (Wildman–Crippen LogP) is 2.32. The fourth-order valence-electron chi connectivity index (χ4n) is 2.50. The average molecular weight is 253 g/mol. The Labute approximate surface area is 107 Å². The van der Waals surface area contributed by atoms with Crippen molar-refractivity contribution in [1.82, 2.24) is 0 Å². The van der Waals surface area contributed by atoms with E-state index in [1.54, 1.807) is 6.07 Å². The molecule has 3 nitrogen and oxygen atoms in total. The van der Waals surface area contributed by atoms with E-state index in [0.717, 1.165) is 38.2 Å². The Morgan fingerprint density at radius 3 is 2.72 bits per heavy atom. The highest BCUT2D eigenvalue weighted by Crippen LogP contribution is 2.26. The van der Waals surface area contributed by atoms with Gasteiger partial charge in [0.2, 0.25) is 0 Å². The lowest BCUT2D eigenvalue weighted by Crippen LogP contribution is -2.37. The van der Waals surface area contributed by atoms with Crippen LogP contribution in [0.2, 0.25) is 0 Å². The van der Waals surface area contributed by atoms with Gasteiger partial charge in [-0.2, -0.15) is 0 Å². The minimum absolute atomic E-state index is 0.257. The maximum Gasteiger partial charge on any atom is 0.130 e. The van der Waals surface area contributed by atoms with Gasteiger partial charge in [-0.1, -0.05) is 6.07 Å². The molecule has 0 amide bonds. The molecule has 18 heavy (non-hydrogen) atoms. The second kappa shape index (κ2) is 6.16. The van der Waals surface area contributed by atoms with E-state index in [2.05, 4.69) is 4.90 Å². The number of rotatable bonds is 4. The zero-order valence-electron chi connectivity index (χ0n) is 10.7. The molecule has 1 aromatic rings. The Balaban J connectivity index is 2.07. The molecule has 0 bridgehead atoms. The Bertz CT molecular complexity index is 389. The number of ether oxygens (including phenoxy) is 1. The normalized spacial score (nSPS) is 17.2. The first-order chi connectivity index (χ1) is 8.76. The summed E-state index contributed by atoms with van der Waals surface area (Å²) in [6.07, 6.45) is 2.22. The van der Waals surface area contributed by atoms with Crippen molar-refractivity contribution in [3.8, 4) is 0 Å². The molecule has 0 spiro atoms. The Morgan fingerprint density at radius 2 is 2.11 bits per heavy atom. The van der Waals surface area contributed by atoms with Gasteiger partial charge in [0.25, 0.3) is 0 Å². The van der Waals surface area contributed by atoms with Crippen molar-refractivity contribution in [2.24, 2.45) is 0 Å². The van der Waals surface area contributed by atoms with Crippen LogP contribution in [0.4, 0.5) is 10.1 Å². The number of benzene rings is 1. The molecular weight excluding hydrogens is 233 g/mol. The number of aliphatic hydroxyl groups is 1. The van der Waals surface area contributed by atoms with E-state index in [9.17, 15) is 9.50 Å². The lowest BCUT2D eigenvalue weighted by atomic mass is 10.0. The smallest absolute Gasteiger partial charge is 0.130 e. The third-order valence-electron chi connectivity index (χ3n) is 3.44. The molecule has 1 aromatic carbocycles. The van der Waals surface area contributed by atoms with E-state index in [0.29, 0.717) is 11.7 Å². The number of hydrogen-bond donors (Lipinski definition) is 1. The number of aliphatic hydroxyl groups excluding tert-OH is 1. The van der Waals surface area contributed by atoms with E-state index in [1.165, 1.54) is 6.07 Å². The maximum atomic E-state index is 13.6. The summed E-state index contributed by atoms with van der Waals surface area (Å²) < 4.78 is 19.2. The average Bonchev–Trinajstić information content (AvgIpc) is 2.40. The number of hydrogen-bond acceptors (Lipinski definition) is 3. The molecule has 100 valence electrons. The van der Waals surface area contributed by atoms with E-state index in [1.807, 2.05) is 13.0 Å². The summed E-state index contributed by atoms with van der Waals surface area (Å²) in [5.74, 6) is -0.332. The summed E-state index contributed by atoms with van der Waals surface area (Å²) in [6, 6.07) is 4.95. The zero-order chi connectivity index (χ0) is 13.0. The molecule has 0 aliphatic carbocycles. The van der Waals surface area contributed by atoms with Gasteiger partial charge in [0.15, 0.2) is 0 Å². The first kappa shape index (κ1) is 13.3. The van der Waals surface area contributed by atoms with E-state index >= 15 is 0 Å². The minimum atomic E-state index is -0.332. The van der Waals surface area contributed by atoms with Gasteiger partial charge in [0.05, 0.1) is 12.7 Å². The highest BCUT2D eigenvalue weighted by Gasteiger charge is 2.21.